The molecule has 4 heterocycles. The molecule has 2 saturated heterocycles. The van der Waals surface area contributed by atoms with E-state index in [0.29, 0.717) is 50.4 Å². The zero-order valence-corrected chi connectivity index (χ0v) is 28.9. The van der Waals surface area contributed by atoms with E-state index >= 15 is 4.39 Å². The number of morpholine rings is 1. The highest BCUT2D eigenvalue weighted by Gasteiger charge is 2.45. The molecule has 0 unspecified atom stereocenters. The van der Waals surface area contributed by atoms with Crippen LogP contribution in [0.4, 0.5) is 14.6 Å². The fraction of sp³-hybridized carbons (Fsp3) is 0.410. The maximum atomic E-state index is 17.0. The van der Waals surface area contributed by atoms with Gasteiger partial charge in [0.05, 0.1) is 48.3 Å². The Bertz CT molecular complexity index is 2160. The number of carbonyl (C=O) groups is 1. The highest BCUT2D eigenvalue weighted by molar-refractivity contribution is 6.03. The van der Waals surface area contributed by atoms with Gasteiger partial charge in [-0.3, -0.25) is 14.7 Å². The van der Waals surface area contributed by atoms with Crippen molar-refractivity contribution in [2.75, 3.05) is 57.4 Å². The normalized spacial score (nSPS) is 21.6. The second-order valence-corrected chi connectivity index (χ2v) is 14.2. The zero-order chi connectivity index (χ0) is 36.6. The summed E-state index contributed by atoms with van der Waals surface area (Å²) in [5.41, 5.74) is -1.28. The average molecular weight is 708 g/mol. The monoisotopic (exact) mass is 707 g/mol. The topological polar surface area (TPSA) is 137 Å². The molecule has 4 aromatic rings. The Kier molecular flexibility index (Phi) is 9.42. The van der Waals surface area contributed by atoms with Crippen molar-refractivity contribution in [2.24, 2.45) is 10.8 Å². The van der Waals surface area contributed by atoms with Crippen LogP contribution in [-0.4, -0.2) is 89.5 Å². The molecule has 0 bridgehead atoms. The van der Waals surface area contributed by atoms with Gasteiger partial charge in [0.2, 0.25) is 5.91 Å². The van der Waals surface area contributed by atoms with Crippen LogP contribution in [-0.2, 0) is 9.53 Å². The molecule has 1 amide bonds. The highest BCUT2D eigenvalue weighted by Crippen LogP contribution is 2.47. The third-order valence-corrected chi connectivity index (χ3v) is 10.6. The number of nitriles is 1. The summed E-state index contributed by atoms with van der Waals surface area (Å²) < 4.78 is 43.8. The van der Waals surface area contributed by atoms with Gasteiger partial charge in [0.15, 0.2) is 5.82 Å². The lowest BCUT2D eigenvalue weighted by molar-refractivity contribution is -0.117. The van der Waals surface area contributed by atoms with Crippen LogP contribution in [0.15, 0.2) is 43.1 Å². The minimum absolute atomic E-state index is 0.0399. The van der Waals surface area contributed by atoms with Crippen molar-refractivity contribution in [3.63, 3.8) is 0 Å². The Morgan fingerprint density at radius 2 is 2.02 bits per heavy atom. The lowest BCUT2D eigenvalue weighted by Crippen LogP contribution is -2.50. The van der Waals surface area contributed by atoms with Gasteiger partial charge in [0.25, 0.3) is 0 Å². The van der Waals surface area contributed by atoms with Crippen molar-refractivity contribution in [3.8, 4) is 41.4 Å². The van der Waals surface area contributed by atoms with Gasteiger partial charge < -0.3 is 24.8 Å². The van der Waals surface area contributed by atoms with Gasteiger partial charge in [0.1, 0.15) is 28.6 Å². The summed E-state index contributed by atoms with van der Waals surface area (Å²) in [6, 6.07) is 7.11. The number of rotatable bonds is 9. The number of amides is 1. The Labute approximate surface area is 300 Å². The molecule has 1 aliphatic carbocycles. The van der Waals surface area contributed by atoms with E-state index in [0.717, 1.165) is 38.6 Å². The molecular weight excluding hydrogens is 668 g/mol. The number of halogens is 2. The van der Waals surface area contributed by atoms with E-state index < -0.39 is 29.0 Å². The van der Waals surface area contributed by atoms with E-state index in [1.807, 2.05) is 4.90 Å². The maximum absolute atomic E-state index is 17.0. The number of ether oxygens (including phenoxy) is 2. The predicted molar refractivity (Wildman–Crippen MR) is 192 cm³/mol. The zero-order valence-electron chi connectivity index (χ0n) is 28.9. The number of aromatic nitrogens is 3. The molecule has 268 valence electrons. The van der Waals surface area contributed by atoms with Crippen LogP contribution in [0.2, 0.25) is 0 Å². The van der Waals surface area contributed by atoms with Crippen molar-refractivity contribution < 1.29 is 28.2 Å². The fourth-order valence-electron chi connectivity index (χ4n) is 7.33. The van der Waals surface area contributed by atoms with E-state index in [2.05, 4.69) is 38.8 Å². The van der Waals surface area contributed by atoms with Crippen LogP contribution in [0, 0.1) is 46.1 Å². The quantitative estimate of drug-likeness (QED) is 0.179. The number of anilines is 1. The smallest absolute Gasteiger partial charge is 0.319 e. The molecule has 52 heavy (non-hydrogen) atoms. The predicted octanol–water partition coefficient (Wildman–Crippen LogP) is 5.10. The van der Waals surface area contributed by atoms with Crippen molar-refractivity contribution in [1.29, 1.82) is 5.26 Å². The van der Waals surface area contributed by atoms with Crippen LogP contribution in [0.1, 0.15) is 38.2 Å². The number of nitrogens with one attached hydrogen (secondary N) is 1. The second-order valence-electron chi connectivity index (χ2n) is 14.2. The van der Waals surface area contributed by atoms with Gasteiger partial charge in [-0.2, -0.15) is 15.2 Å². The molecule has 1 saturated carbocycles. The molecule has 0 radical (unpaired) electrons. The molecular formula is C39H39F2N7O4. The molecule has 2 N–H and O–H groups in total. The Morgan fingerprint density at radius 1 is 1.23 bits per heavy atom. The van der Waals surface area contributed by atoms with Crippen molar-refractivity contribution in [2.45, 2.75) is 38.6 Å². The highest BCUT2D eigenvalue weighted by atomic mass is 19.1. The molecule has 3 fully saturated rings. The van der Waals surface area contributed by atoms with Gasteiger partial charge in [-0.1, -0.05) is 18.6 Å². The molecule has 7 rings (SSSR count). The molecule has 2 aromatic heterocycles. The summed E-state index contributed by atoms with van der Waals surface area (Å²) >= 11 is 0. The third kappa shape index (κ3) is 6.70. The van der Waals surface area contributed by atoms with E-state index in [1.54, 1.807) is 6.92 Å². The maximum Gasteiger partial charge on any atom is 0.319 e. The number of benzene rings is 2. The van der Waals surface area contributed by atoms with Gasteiger partial charge in [-0.05, 0) is 62.3 Å². The largest absolute Gasteiger partial charge is 0.508 e. The fourth-order valence-corrected chi connectivity index (χ4v) is 7.33. The number of hydrogen-bond acceptors (Lipinski definition) is 10. The second kappa shape index (κ2) is 14.0. The number of carbonyl (C=O) groups excluding carboxylic acids is 1. The van der Waals surface area contributed by atoms with Crippen LogP contribution < -0.4 is 15.0 Å². The first kappa shape index (κ1) is 35.1. The van der Waals surface area contributed by atoms with Gasteiger partial charge >= 0.3 is 6.01 Å². The number of pyridine rings is 1. The minimum atomic E-state index is -0.898. The number of fused-ring (bicyclic) bond motifs is 2. The number of phenols is 1. The van der Waals surface area contributed by atoms with Crippen LogP contribution in [0.3, 0.4) is 0 Å². The van der Waals surface area contributed by atoms with E-state index in [1.165, 1.54) is 30.5 Å². The summed E-state index contributed by atoms with van der Waals surface area (Å²) in [6.45, 7) is 10.2. The van der Waals surface area contributed by atoms with Crippen LogP contribution in [0.25, 0.3) is 32.9 Å². The summed E-state index contributed by atoms with van der Waals surface area (Å²) in [5, 5.41) is 24.6. The van der Waals surface area contributed by atoms with E-state index in [4.69, 9.17) is 20.9 Å². The third-order valence-electron chi connectivity index (χ3n) is 10.6. The van der Waals surface area contributed by atoms with Gasteiger partial charge in [-0.25, -0.2) is 8.78 Å². The van der Waals surface area contributed by atoms with Crippen molar-refractivity contribution >= 4 is 33.4 Å². The minimum Gasteiger partial charge on any atom is -0.508 e. The van der Waals surface area contributed by atoms with Crippen LogP contribution in [0.5, 0.6) is 11.8 Å². The number of nitrogens with zero attached hydrogens (tertiary/aromatic N) is 6. The molecule has 13 heteroatoms. The SMILES string of the molecule is C#Cc1c(F)ccc2cc(O)cc(-c3ncc4c(N5CCC[C@@](C)(C#N)[C@@H](NC(=O)C=C)C5)nc(OCC5(CN6CCOCC6)CC5)nc4c3F)c12. The summed E-state index contributed by atoms with van der Waals surface area (Å²) in [4.78, 5) is 30.7. The molecule has 2 atom stereocenters. The van der Waals surface area contributed by atoms with Crippen molar-refractivity contribution in [1.82, 2.24) is 25.2 Å². The first-order valence-electron chi connectivity index (χ1n) is 17.4. The van der Waals surface area contributed by atoms with Gasteiger partial charge in [0, 0.05) is 55.3 Å². The molecule has 3 aliphatic rings. The lowest BCUT2D eigenvalue weighted by atomic mass is 9.80. The Balaban J connectivity index is 1.34. The van der Waals surface area contributed by atoms with Crippen LogP contribution >= 0.6 is 0 Å². The molecule has 11 nitrogen and oxygen atoms in total. The number of terminal acetylenes is 1. The summed E-state index contributed by atoms with van der Waals surface area (Å²) in [5.74, 6) is 0.580. The first-order valence-corrected chi connectivity index (χ1v) is 17.4. The molecule has 2 aromatic carbocycles. The van der Waals surface area contributed by atoms with E-state index in [9.17, 15) is 19.6 Å². The summed E-state index contributed by atoms with van der Waals surface area (Å²) in [7, 11) is 0. The standard InChI is InChI=1S/C39H39F2N7O4/c1-4-26-29(40)8-7-24-17-25(49)18-27(32(24)26)34-33(41)35-28(19-43-34)36(48-12-6-9-38(3,21-42)30(20-48)44-31(50)5-2)46-37(45-35)52-23-39(10-11-39)22-47-13-15-51-16-14-47/h1,5,7-8,17-19,30,49H,2,6,9-16,20,22-23H2,3H3,(H,44,50)/t30-,38-/m0/s1. The van der Waals surface area contributed by atoms with Gasteiger partial charge in [-0.15, -0.1) is 6.42 Å². The number of aromatic hydroxyl groups is 1. The number of hydrogen-bond donors (Lipinski definition) is 2. The lowest BCUT2D eigenvalue weighted by Gasteiger charge is -2.33. The number of phenolic OH excluding ortho intramolecular Hbond substituents is 1. The Morgan fingerprint density at radius 3 is 2.73 bits per heavy atom. The summed E-state index contributed by atoms with van der Waals surface area (Å²) in [6.07, 6.45) is 11.3. The first-order chi connectivity index (χ1) is 25.1. The van der Waals surface area contributed by atoms with E-state index in [-0.39, 0.29) is 56.8 Å². The average Bonchev–Trinajstić information content (AvgIpc) is 3.94. The molecule has 2 aliphatic heterocycles. The Hall–Kier alpha value is -5.37. The van der Waals surface area contributed by atoms with Crippen molar-refractivity contribution in [3.05, 3.63) is 60.3 Å². The molecule has 0 spiro atoms.